The number of anilines is 1. The van der Waals surface area contributed by atoms with E-state index in [-0.39, 0.29) is 11.5 Å². The van der Waals surface area contributed by atoms with E-state index in [1.165, 1.54) is 0 Å². The summed E-state index contributed by atoms with van der Waals surface area (Å²) < 4.78 is 25.8. The molecule has 1 aliphatic heterocycles. The lowest BCUT2D eigenvalue weighted by Gasteiger charge is -2.36. The van der Waals surface area contributed by atoms with Gasteiger partial charge in [0, 0.05) is 48.4 Å². The highest BCUT2D eigenvalue weighted by Crippen LogP contribution is 2.19. The molecule has 27 heavy (non-hydrogen) atoms. The number of hydrogen-bond donors (Lipinski definition) is 0. The Morgan fingerprint density at radius 2 is 1.56 bits per heavy atom. The molecule has 0 atom stereocenters. The molecule has 1 aliphatic rings. The Kier molecular flexibility index (Phi) is 6.34. The van der Waals surface area contributed by atoms with Gasteiger partial charge in [0.2, 0.25) is 0 Å². The molecule has 144 valence electrons. The van der Waals surface area contributed by atoms with E-state index in [0.717, 1.165) is 41.9 Å². The number of benzene rings is 2. The van der Waals surface area contributed by atoms with Crippen molar-refractivity contribution in [3.63, 3.8) is 0 Å². The quantitative estimate of drug-likeness (QED) is 0.632. The van der Waals surface area contributed by atoms with Crippen molar-refractivity contribution in [1.29, 1.82) is 0 Å². The molecule has 0 spiro atoms. The normalized spacial score (nSPS) is 15.7. The first-order valence-electron chi connectivity index (χ1n) is 8.92. The van der Waals surface area contributed by atoms with Crippen LogP contribution in [0.15, 0.2) is 57.9 Å². The second-order valence-electron chi connectivity index (χ2n) is 6.70. The SMILES string of the molecule is CC(=O)c1ccc(N2CCN(CCS(=O)(=O)c3ccc(Br)cc3)CC2)cc1. The van der Waals surface area contributed by atoms with Crippen molar-refractivity contribution in [2.75, 3.05) is 43.4 Å². The monoisotopic (exact) mass is 450 g/mol. The minimum Gasteiger partial charge on any atom is -0.369 e. The van der Waals surface area contributed by atoms with Crippen LogP contribution in [0.2, 0.25) is 0 Å². The Balaban J connectivity index is 1.52. The van der Waals surface area contributed by atoms with Crippen LogP contribution in [0.3, 0.4) is 0 Å². The van der Waals surface area contributed by atoms with Crippen LogP contribution in [0.4, 0.5) is 5.69 Å². The van der Waals surface area contributed by atoms with E-state index in [1.807, 2.05) is 24.3 Å². The summed E-state index contributed by atoms with van der Waals surface area (Å²) in [5.74, 6) is 0.195. The number of carbonyl (C=O) groups excluding carboxylic acids is 1. The highest BCUT2D eigenvalue weighted by Gasteiger charge is 2.20. The van der Waals surface area contributed by atoms with Gasteiger partial charge in [-0.3, -0.25) is 9.69 Å². The fraction of sp³-hybridized carbons (Fsp3) is 0.350. The topological polar surface area (TPSA) is 57.7 Å². The number of Topliss-reactive ketones (excluding diaryl/α,β-unsaturated/α-hetero) is 1. The number of piperazine rings is 1. The molecule has 2 aromatic rings. The van der Waals surface area contributed by atoms with Gasteiger partial charge >= 0.3 is 0 Å². The van der Waals surface area contributed by atoms with Gasteiger partial charge in [-0.2, -0.15) is 0 Å². The molecule has 0 aromatic heterocycles. The van der Waals surface area contributed by atoms with E-state index >= 15 is 0 Å². The summed E-state index contributed by atoms with van der Waals surface area (Å²) in [6, 6.07) is 14.5. The molecule has 1 fully saturated rings. The molecule has 3 rings (SSSR count). The lowest BCUT2D eigenvalue weighted by molar-refractivity contribution is 0.101. The number of ketones is 1. The standard InChI is InChI=1S/C20H23BrN2O3S/c1-16(24)17-2-6-19(7-3-17)23-12-10-22(11-13-23)14-15-27(25,26)20-8-4-18(21)5-9-20/h2-9H,10-15H2,1H3. The van der Waals surface area contributed by atoms with Crippen LogP contribution < -0.4 is 4.90 Å². The molecule has 1 saturated heterocycles. The van der Waals surface area contributed by atoms with E-state index in [0.29, 0.717) is 11.4 Å². The first kappa shape index (κ1) is 20.0. The molecule has 0 radical (unpaired) electrons. The van der Waals surface area contributed by atoms with Crippen molar-refractivity contribution in [2.24, 2.45) is 0 Å². The molecule has 2 aromatic carbocycles. The maximum atomic E-state index is 12.5. The summed E-state index contributed by atoms with van der Waals surface area (Å²) in [5.41, 5.74) is 1.82. The van der Waals surface area contributed by atoms with Crippen molar-refractivity contribution in [3.8, 4) is 0 Å². The Labute approximate surface area is 169 Å². The van der Waals surface area contributed by atoms with Crippen molar-refractivity contribution >= 4 is 37.2 Å². The van der Waals surface area contributed by atoms with Gasteiger partial charge in [-0.15, -0.1) is 0 Å². The van der Waals surface area contributed by atoms with Gasteiger partial charge in [0.15, 0.2) is 15.6 Å². The third-order valence-electron chi connectivity index (χ3n) is 4.86. The van der Waals surface area contributed by atoms with E-state index in [4.69, 9.17) is 0 Å². The molecule has 5 nitrogen and oxygen atoms in total. The van der Waals surface area contributed by atoms with Gasteiger partial charge < -0.3 is 4.90 Å². The molecule has 1 heterocycles. The van der Waals surface area contributed by atoms with E-state index in [1.54, 1.807) is 31.2 Å². The predicted octanol–water partition coefficient (Wildman–Crippen LogP) is 3.25. The number of halogens is 1. The summed E-state index contributed by atoms with van der Waals surface area (Å²) in [4.78, 5) is 16.2. The van der Waals surface area contributed by atoms with Crippen molar-refractivity contribution in [3.05, 3.63) is 58.6 Å². The van der Waals surface area contributed by atoms with E-state index in [9.17, 15) is 13.2 Å². The number of carbonyl (C=O) groups is 1. The average molecular weight is 451 g/mol. The summed E-state index contributed by atoms with van der Waals surface area (Å²) >= 11 is 3.33. The highest BCUT2D eigenvalue weighted by molar-refractivity contribution is 9.10. The number of hydrogen-bond acceptors (Lipinski definition) is 5. The van der Waals surface area contributed by atoms with Crippen LogP contribution in [0.25, 0.3) is 0 Å². The Morgan fingerprint density at radius 3 is 2.11 bits per heavy atom. The van der Waals surface area contributed by atoms with Crippen LogP contribution in [-0.2, 0) is 9.84 Å². The van der Waals surface area contributed by atoms with Gasteiger partial charge in [-0.05, 0) is 55.5 Å². The first-order chi connectivity index (χ1) is 12.8. The van der Waals surface area contributed by atoms with Gasteiger partial charge in [-0.25, -0.2) is 8.42 Å². The Morgan fingerprint density at radius 1 is 0.963 bits per heavy atom. The van der Waals surface area contributed by atoms with Crippen LogP contribution in [-0.4, -0.2) is 57.6 Å². The average Bonchev–Trinajstić information content (AvgIpc) is 2.67. The highest BCUT2D eigenvalue weighted by atomic mass is 79.9. The molecular weight excluding hydrogens is 428 g/mol. The summed E-state index contributed by atoms with van der Waals surface area (Å²) in [7, 11) is -3.26. The third kappa shape index (κ3) is 5.18. The summed E-state index contributed by atoms with van der Waals surface area (Å²) in [5, 5.41) is 0. The minimum atomic E-state index is -3.26. The fourth-order valence-corrected chi connectivity index (χ4v) is 4.70. The van der Waals surface area contributed by atoms with E-state index in [2.05, 4.69) is 25.7 Å². The zero-order chi connectivity index (χ0) is 19.4. The second kappa shape index (κ2) is 8.54. The van der Waals surface area contributed by atoms with E-state index < -0.39 is 9.84 Å². The minimum absolute atomic E-state index is 0.0679. The number of rotatable bonds is 6. The van der Waals surface area contributed by atoms with Crippen molar-refractivity contribution in [2.45, 2.75) is 11.8 Å². The van der Waals surface area contributed by atoms with Crippen molar-refractivity contribution < 1.29 is 13.2 Å². The zero-order valence-corrected chi connectivity index (χ0v) is 17.7. The largest absolute Gasteiger partial charge is 0.369 e. The summed E-state index contributed by atoms with van der Waals surface area (Å²) in [6.07, 6.45) is 0. The smallest absolute Gasteiger partial charge is 0.179 e. The van der Waals surface area contributed by atoms with Crippen molar-refractivity contribution in [1.82, 2.24) is 4.90 Å². The molecule has 0 amide bonds. The van der Waals surface area contributed by atoms with Gasteiger partial charge in [0.1, 0.15) is 0 Å². The molecule has 7 heteroatoms. The Bertz CT molecular complexity index is 888. The predicted molar refractivity (Wildman–Crippen MR) is 111 cm³/mol. The molecule has 0 aliphatic carbocycles. The number of sulfone groups is 1. The molecule has 0 saturated carbocycles. The van der Waals surface area contributed by atoms with Gasteiger partial charge in [-0.1, -0.05) is 15.9 Å². The molecule has 0 bridgehead atoms. The lowest BCUT2D eigenvalue weighted by atomic mass is 10.1. The van der Waals surface area contributed by atoms with Crippen LogP contribution in [0.1, 0.15) is 17.3 Å². The Hall–Kier alpha value is -1.70. The fourth-order valence-electron chi connectivity index (χ4n) is 3.15. The third-order valence-corrected chi connectivity index (χ3v) is 7.10. The van der Waals surface area contributed by atoms with Gasteiger partial charge in [0.25, 0.3) is 0 Å². The number of nitrogens with zero attached hydrogens (tertiary/aromatic N) is 2. The zero-order valence-electron chi connectivity index (χ0n) is 15.3. The molecule has 0 unspecified atom stereocenters. The first-order valence-corrected chi connectivity index (χ1v) is 11.4. The molecular formula is C20H23BrN2O3S. The maximum absolute atomic E-state index is 12.5. The van der Waals surface area contributed by atoms with Gasteiger partial charge in [0.05, 0.1) is 10.6 Å². The van der Waals surface area contributed by atoms with Crippen LogP contribution in [0, 0.1) is 0 Å². The van der Waals surface area contributed by atoms with Crippen LogP contribution in [0.5, 0.6) is 0 Å². The molecule has 0 N–H and O–H groups in total. The second-order valence-corrected chi connectivity index (χ2v) is 9.73. The summed E-state index contributed by atoms with van der Waals surface area (Å²) in [6.45, 7) is 5.44. The lowest BCUT2D eigenvalue weighted by Crippen LogP contribution is -2.47. The van der Waals surface area contributed by atoms with Crippen LogP contribution >= 0.6 is 15.9 Å². The maximum Gasteiger partial charge on any atom is 0.179 e.